The van der Waals surface area contributed by atoms with Gasteiger partial charge in [0, 0.05) is 44.4 Å². The fourth-order valence-corrected chi connectivity index (χ4v) is 5.36. The molecule has 0 radical (unpaired) electrons. The summed E-state index contributed by atoms with van der Waals surface area (Å²) >= 11 is 0. The van der Waals surface area contributed by atoms with Crippen molar-refractivity contribution in [2.24, 2.45) is 0 Å². The van der Waals surface area contributed by atoms with Crippen molar-refractivity contribution < 1.29 is 13.2 Å². The first-order valence-electron chi connectivity index (χ1n) is 11.9. The second-order valence-electron chi connectivity index (χ2n) is 9.33. The highest BCUT2D eigenvalue weighted by Gasteiger charge is 2.18. The zero-order valence-corrected chi connectivity index (χ0v) is 21.6. The van der Waals surface area contributed by atoms with E-state index in [0.29, 0.717) is 17.9 Å². The maximum absolute atomic E-state index is 11.8. The summed E-state index contributed by atoms with van der Waals surface area (Å²) in [6.45, 7) is 4.01. The van der Waals surface area contributed by atoms with E-state index in [1.807, 2.05) is 24.3 Å². The summed E-state index contributed by atoms with van der Waals surface area (Å²) in [5.74, 6) is 1.51. The first-order valence-corrected chi connectivity index (χ1v) is 13.9. The van der Waals surface area contributed by atoms with Crippen LogP contribution in [0.3, 0.4) is 0 Å². The van der Waals surface area contributed by atoms with Crippen molar-refractivity contribution in [3.05, 3.63) is 71.8 Å². The monoisotopic (exact) mass is 506 g/mol. The average Bonchev–Trinajstić information content (AvgIpc) is 3.26. The van der Waals surface area contributed by atoms with Crippen LogP contribution in [0.15, 0.2) is 54.9 Å². The first kappa shape index (κ1) is 24.2. The lowest BCUT2D eigenvalue weighted by Crippen LogP contribution is -2.44. The molecule has 5 rings (SSSR count). The van der Waals surface area contributed by atoms with E-state index in [0.717, 1.165) is 60.0 Å². The van der Waals surface area contributed by atoms with Gasteiger partial charge in [0.25, 0.3) is 0 Å². The van der Waals surface area contributed by atoms with Gasteiger partial charge in [-0.05, 0) is 36.4 Å². The van der Waals surface area contributed by atoms with Gasteiger partial charge in [0.1, 0.15) is 5.75 Å². The fraction of sp³-hybridized carbons (Fsp3) is 0.346. The molecular weight excluding hydrogens is 476 g/mol. The number of methoxy groups -OCH3 is 1. The Morgan fingerprint density at radius 3 is 2.56 bits per heavy atom. The largest absolute Gasteiger partial charge is 0.495 e. The summed E-state index contributed by atoms with van der Waals surface area (Å²) in [6, 6.07) is 13.7. The van der Waals surface area contributed by atoms with Crippen molar-refractivity contribution in [3.63, 3.8) is 0 Å². The molecule has 4 aromatic rings. The molecule has 0 atom stereocenters. The maximum Gasteiger partial charge on any atom is 0.174 e. The van der Waals surface area contributed by atoms with Gasteiger partial charge in [-0.15, -0.1) is 0 Å². The molecule has 1 aliphatic heterocycles. The quantitative estimate of drug-likeness (QED) is 0.378. The molecular formula is C26H30N6O3S. The highest BCUT2D eigenvalue weighted by molar-refractivity contribution is 7.89. The molecule has 1 aliphatic rings. The lowest BCUT2D eigenvalue weighted by atomic mass is 10.1. The molecule has 10 heteroatoms. The zero-order chi connectivity index (χ0) is 25.3. The fourth-order valence-electron chi connectivity index (χ4n) is 4.58. The lowest BCUT2D eigenvalue weighted by molar-refractivity contribution is 0.311. The molecule has 0 bridgehead atoms. The number of rotatable bonds is 7. The number of anilines is 1. The molecule has 0 saturated carbocycles. The standard InChI is InChI=1S/C26H30N6O3S/c1-30-9-11-31(12-10-30)22-8-7-19(14-24(22)35-2)15-25-28-26-17-27-16-23(32(26)29-25)21-6-4-5-20(13-21)18-36(3,33)34/h4-8,13-14,16-17H,9-12,15,18H2,1-3H3. The molecule has 0 N–H and O–H groups in total. The Balaban J connectivity index is 1.42. The van der Waals surface area contributed by atoms with Crippen molar-refractivity contribution in [3.8, 4) is 17.0 Å². The molecule has 1 saturated heterocycles. The summed E-state index contributed by atoms with van der Waals surface area (Å²) in [5, 5.41) is 4.76. The number of aromatic nitrogens is 4. The number of sulfone groups is 1. The minimum Gasteiger partial charge on any atom is -0.495 e. The van der Waals surface area contributed by atoms with Crippen LogP contribution in [0.2, 0.25) is 0 Å². The second kappa shape index (κ2) is 9.87. The summed E-state index contributed by atoms with van der Waals surface area (Å²) in [4.78, 5) is 13.7. The van der Waals surface area contributed by atoms with E-state index in [1.165, 1.54) is 6.26 Å². The van der Waals surface area contributed by atoms with Crippen molar-refractivity contribution >= 4 is 21.2 Å². The van der Waals surface area contributed by atoms with Crippen LogP contribution in [-0.4, -0.2) is 79.5 Å². The molecule has 0 spiro atoms. The highest BCUT2D eigenvalue weighted by atomic mass is 32.2. The van der Waals surface area contributed by atoms with Gasteiger partial charge in [-0.25, -0.2) is 17.9 Å². The summed E-state index contributed by atoms with van der Waals surface area (Å²) in [7, 11) is 0.718. The molecule has 9 nitrogen and oxygen atoms in total. The topological polar surface area (TPSA) is 92.9 Å². The third-order valence-electron chi connectivity index (χ3n) is 6.39. The second-order valence-corrected chi connectivity index (χ2v) is 11.5. The summed E-state index contributed by atoms with van der Waals surface area (Å²) in [5.41, 5.74) is 5.12. The number of hydrogen-bond acceptors (Lipinski definition) is 8. The number of ether oxygens (including phenoxy) is 1. The number of hydrogen-bond donors (Lipinski definition) is 0. The van der Waals surface area contributed by atoms with Crippen molar-refractivity contribution in [2.45, 2.75) is 12.2 Å². The van der Waals surface area contributed by atoms with Crippen LogP contribution in [0.1, 0.15) is 17.0 Å². The Morgan fingerprint density at radius 2 is 1.81 bits per heavy atom. The van der Waals surface area contributed by atoms with Crippen molar-refractivity contribution in [1.29, 1.82) is 0 Å². The Morgan fingerprint density at radius 1 is 1.00 bits per heavy atom. The Kier molecular flexibility index (Phi) is 6.63. The normalized spacial score (nSPS) is 14.9. The molecule has 36 heavy (non-hydrogen) atoms. The molecule has 1 fully saturated rings. The van der Waals surface area contributed by atoms with Crippen LogP contribution in [-0.2, 0) is 22.0 Å². The highest BCUT2D eigenvalue weighted by Crippen LogP contribution is 2.31. The van der Waals surface area contributed by atoms with E-state index >= 15 is 0 Å². The number of likely N-dealkylation sites (N-methyl/N-ethyl adjacent to an activating group) is 1. The van der Waals surface area contributed by atoms with Gasteiger partial charge in [0.2, 0.25) is 0 Å². The molecule has 2 aromatic heterocycles. The minimum absolute atomic E-state index is 0.0151. The number of piperazine rings is 1. The predicted molar refractivity (Wildman–Crippen MR) is 140 cm³/mol. The van der Waals surface area contributed by atoms with E-state index in [-0.39, 0.29) is 5.75 Å². The Bertz CT molecular complexity index is 1490. The molecule has 0 unspecified atom stereocenters. The van der Waals surface area contributed by atoms with E-state index in [1.54, 1.807) is 24.0 Å². The van der Waals surface area contributed by atoms with E-state index in [9.17, 15) is 8.42 Å². The SMILES string of the molecule is COc1cc(Cc2nc3cncc(-c4cccc(CS(C)(=O)=O)c4)n3n2)ccc1N1CCN(C)CC1. The number of nitrogens with zero attached hydrogens (tertiary/aromatic N) is 6. The van der Waals surface area contributed by atoms with E-state index < -0.39 is 9.84 Å². The predicted octanol–water partition coefficient (Wildman–Crippen LogP) is 2.69. The van der Waals surface area contributed by atoms with Crippen molar-refractivity contribution in [1.82, 2.24) is 24.5 Å². The molecule has 3 heterocycles. The van der Waals surface area contributed by atoms with Gasteiger partial charge >= 0.3 is 0 Å². The van der Waals surface area contributed by atoms with E-state index in [2.05, 4.69) is 45.0 Å². The molecule has 0 aliphatic carbocycles. The third-order valence-corrected chi connectivity index (χ3v) is 7.25. The summed E-state index contributed by atoms with van der Waals surface area (Å²) in [6.07, 6.45) is 5.18. The van der Waals surface area contributed by atoms with E-state index in [4.69, 9.17) is 9.84 Å². The zero-order valence-electron chi connectivity index (χ0n) is 20.8. The van der Waals surface area contributed by atoms with Crippen LogP contribution < -0.4 is 9.64 Å². The number of fused-ring (bicyclic) bond motifs is 1. The van der Waals surface area contributed by atoms with Gasteiger partial charge in [0.15, 0.2) is 21.3 Å². The average molecular weight is 507 g/mol. The van der Waals surface area contributed by atoms with Gasteiger partial charge in [-0.1, -0.05) is 24.3 Å². The number of benzene rings is 2. The molecule has 188 valence electrons. The molecule has 2 aromatic carbocycles. The smallest absolute Gasteiger partial charge is 0.174 e. The van der Waals surface area contributed by atoms with Crippen LogP contribution in [0.25, 0.3) is 16.9 Å². The van der Waals surface area contributed by atoms with Crippen LogP contribution in [0.4, 0.5) is 5.69 Å². The van der Waals surface area contributed by atoms with Crippen LogP contribution in [0.5, 0.6) is 5.75 Å². The maximum atomic E-state index is 11.8. The Labute approximate surface area is 211 Å². The lowest BCUT2D eigenvalue weighted by Gasteiger charge is -2.34. The third kappa shape index (κ3) is 5.34. The van der Waals surface area contributed by atoms with Gasteiger partial charge in [-0.2, -0.15) is 5.10 Å². The van der Waals surface area contributed by atoms with Crippen LogP contribution in [0, 0.1) is 0 Å². The first-order chi connectivity index (χ1) is 17.3. The van der Waals surface area contributed by atoms with Gasteiger partial charge in [0.05, 0.1) is 36.6 Å². The van der Waals surface area contributed by atoms with Crippen LogP contribution >= 0.6 is 0 Å². The van der Waals surface area contributed by atoms with Crippen molar-refractivity contribution in [2.75, 3.05) is 51.5 Å². The minimum atomic E-state index is -3.13. The van der Waals surface area contributed by atoms with Gasteiger partial charge < -0.3 is 14.5 Å². The molecule has 0 amide bonds. The summed E-state index contributed by atoms with van der Waals surface area (Å²) < 4.78 is 31.0. The Hall–Kier alpha value is -3.50. The van der Waals surface area contributed by atoms with Gasteiger partial charge in [-0.3, -0.25) is 4.98 Å².